The van der Waals surface area contributed by atoms with E-state index in [0.29, 0.717) is 22.3 Å². The highest BCUT2D eigenvalue weighted by molar-refractivity contribution is 5.94. The molecule has 0 aromatic heterocycles. The van der Waals surface area contributed by atoms with Crippen molar-refractivity contribution in [2.24, 2.45) is 0 Å². The summed E-state index contributed by atoms with van der Waals surface area (Å²) in [5, 5.41) is 5.30. The predicted molar refractivity (Wildman–Crippen MR) is 176 cm³/mol. The van der Waals surface area contributed by atoms with Gasteiger partial charge in [-0.3, -0.25) is 4.79 Å². The van der Waals surface area contributed by atoms with E-state index in [-0.39, 0.29) is 18.4 Å². The van der Waals surface area contributed by atoms with Crippen LogP contribution in [0, 0.1) is 0 Å². The van der Waals surface area contributed by atoms with Gasteiger partial charge in [0, 0.05) is 35.2 Å². The zero-order valence-corrected chi connectivity index (χ0v) is 25.6. The lowest BCUT2D eigenvalue weighted by molar-refractivity contribution is -0.155. The first-order valence-electron chi connectivity index (χ1n) is 15.2. The van der Waals surface area contributed by atoms with Gasteiger partial charge in [0.15, 0.2) is 5.60 Å². The molecule has 1 atom stereocenters. The average molecular weight is 611 g/mol. The molecule has 0 saturated heterocycles. The molecule has 2 amide bonds. The second-order valence-electron chi connectivity index (χ2n) is 11.2. The molecule has 0 spiro atoms. The summed E-state index contributed by atoms with van der Waals surface area (Å²) in [6.07, 6.45) is -0.716. The fraction of sp³-hybridized carbons (Fsp3) is 0.154. The number of carbonyl (C=O) groups excluding carboxylic acids is 3. The number of amides is 2. The number of rotatable bonds is 9. The summed E-state index contributed by atoms with van der Waals surface area (Å²) < 4.78 is 12.1. The van der Waals surface area contributed by atoms with Crippen molar-refractivity contribution < 1.29 is 23.9 Å². The van der Waals surface area contributed by atoms with Crippen molar-refractivity contribution in [2.75, 3.05) is 13.7 Å². The van der Waals surface area contributed by atoms with Crippen LogP contribution in [0.5, 0.6) is 0 Å². The summed E-state index contributed by atoms with van der Waals surface area (Å²) in [5.41, 5.74) is 5.60. The largest absolute Gasteiger partial charge is 0.449 e. The number of carbonyl (C=O) groups is 3. The summed E-state index contributed by atoms with van der Waals surface area (Å²) in [5.74, 6) is -0.993. The van der Waals surface area contributed by atoms with Crippen molar-refractivity contribution in [2.45, 2.75) is 24.5 Å². The number of hydrogen-bond acceptors (Lipinski definition) is 5. The smallest absolute Gasteiger partial charge is 0.407 e. The Morgan fingerprint density at radius 3 is 1.67 bits per heavy atom. The highest BCUT2D eigenvalue weighted by Crippen LogP contribution is 2.45. The highest BCUT2D eigenvalue weighted by Gasteiger charge is 2.42. The Bertz CT molecular complexity index is 1770. The van der Waals surface area contributed by atoms with E-state index in [9.17, 15) is 14.4 Å². The maximum Gasteiger partial charge on any atom is 0.407 e. The summed E-state index contributed by atoms with van der Waals surface area (Å²) in [6.45, 7) is 1.69. The summed E-state index contributed by atoms with van der Waals surface area (Å²) in [6, 6.07) is 40.9. The fourth-order valence-electron chi connectivity index (χ4n) is 6.14. The van der Waals surface area contributed by atoms with E-state index in [1.165, 1.54) is 0 Å². The lowest BCUT2D eigenvalue weighted by atomic mass is 9.79. The second-order valence-corrected chi connectivity index (χ2v) is 11.2. The van der Waals surface area contributed by atoms with Gasteiger partial charge in [0.25, 0.3) is 5.91 Å². The molecule has 7 nitrogen and oxygen atoms in total. The van der Waals surface area contributed by atoms with Crippen LogP contribution in [0.15, 0.2) is 133 Å². The van der Waals surface area contributed by atoms with E-state index in [1.54, 1.807) is 38.2 Å². The molecule has 46 heavy (non-hydrogen) atoms. The Balaban J connectivity index is 1.25. The molecule has 5 aromatic carbocycles. The normalized spacial score (nSPS) is 12.7. The molecule has 0 radical (unpaired) electrons. The van der Waals surface area contributed by atoms with Gasteiger partial charge in [-0.05, 0) is 41.3 Å². The molecule has 1 aliphatic rings. The van der Waals surface area contributed by atoms with Crippen molar-refractivity contribution >= 4 is 18.0 Å². The number of hydrogen-bond donors (Lipinski definition) is 2. The molecule has 2 N–H and O–H groups in total. The number of benzene rings is 5. The van der Waals surface area contributed by atoms with Gasteiger partial charge in [-0.25, -0.2) is 9.59 Å². The summed E-state index contributed by atoms with van der Waals surface area (Å²) >= 11 is 0. The Kier molecular flexibility index (Phi) is 8.65. The molecule has 0 bridgehead atoms. The van der Waals surface area contributed by atoms with Crippen LogP contribution in [0.2, 0.25) is 0 Å². The van der Waals surface area contributed by atoms with Gasteiger partial charge in [0.2, 0.25) is 0 Å². The van der Waals surface area contributed by atoms with Gasteiger partial charge in [-0.1, -0.05) is 121 Å². The molecular weight excluding hydrogens is 576 g/mol. The molecule has 0 unspecified atom stereocenters. The van der Waals surface area contributed by atoms with Crippen LogP contribution in [0.4, 0.5) is 4.79 Å². The van der Waals surface area contributed by atoms with Gasteiger partial charge in [-0.2, -0.15) is 0 Å². The van der Waals surface area contributed by atoms with Gasteiger partial charge in [0.1, 0.15) is 12.6 Å². The minimum Gasteiger partial charge on any atom is -0.449 e. The number of nitrogens with one attached hydrogen (secondary N) is 2. The molecule has 0 heterocycles. The van der Waals surface area contributed by atoms with Crippen LogP contribution >= 0.6 is 0 Å². The van der Waals surface area contributed by atoms with Gasteiger partial charge >= 0.3 is 12.1 Å². The number of ether oxygens (including phenoxy) is 2. The van der Waals surface area contributed by atoms with Gasteiger partial charge in [0.05, 0.1) is 0 Å². The molecule has 230 valence electrons. The molecule has 6 rings (SSSR count). The van der Waals surface area contributed by atoms with Crippen LogP contribution < -0.4 is 10.6 Å². The summed E-state index contributed by atoms with van der Waals surface area (Å²) in [4.78, 5) is 39.2. The second kappa shape index (κ2) is 13.1. The van der Waals surface area contributed by atoms with Crippen molar-refractivity contribution in [3.8, 4) is 11.1 Å². The molecule has 5 aromatic rings. The van der Waals surface area contributed by atoms with Crippen molar-refractivity contribution in [3.63, 3.8) is 0 Å². The molecule has 0 saturated carbocycles. The third-order valence-electron chi connectivity index (χ3n) is 8.43. The van der Waals surface area contributed by atoms with E-state index in [2.05, 4.69) is 34.9 Å². The lowest BCUT2D eigenvalue weighted by Crippen LogP contribution is -2.45. The van der Waals surface area contributed by atoms with Gasteiger partial charge < -0.3 is 20.1 Å². The predicted octanol–water partition coefficient (Wildman–Crippen LogP) is 6.81. The maximum atomic E-state index is 13.9. The Hall–Kier alpha value is -5.69. The third kappa shape index (κ3) is 5.75. The molecule has 1 aliphatic carbocycles. The summed E-state index contributed by atoms with van der Waals surface area (Å²) in [7, 11) is 1.57. The first-order chi connectivity index (χ1) is 22.4. The van der Waals surface area contributed by atoms with E-state index in [4.69, 9.17) is 9.47 Å². The topological polar surface area (TPSA) is 93.7 Å². The van der Waals surface area contributed by atoms with E-state index < -0.39 is 23.7 Å². The van der Waals surface area contributed by atoms with Crippen molar-refractivity contribution in [1.82, 2.24) is 10.6 Å². The van der Waals surface area contributed by atoms with Crippen LogP contribution in [-0.4, -0.2) is 37.7 Å². The van der Waals surface area contributed by atoms with Crippen molar-refractivity contribution in [3.05, 3.63) is 167 Å². The minimum atomic E-state index is -1.38. The third-order valence-corrected chi connectivity index (χ3v) is 8.43. The lowest BCUT2D eigenvalue weighted by Gasteiger charge is -2.36. The number of fused-ring (bicyclic) bond motifs is 3. The first-order valence-corrected chi connectivity index (χ1v) is 15.2. The fourth-order valence-corrected chi connectivity index (χ4v) is 6.14. The Morgan fingerprint density at radius 1 is 0.674 bits per heavy atom. The van der Waals surface area contributed by atoms with E-state index in [0.717, 1.165) is 22.3 Å². The van der Waals surface area contributed by atoms with Crippen molar-refractivity contribution in [1.29, 1.82) is 0 Å². The first kappa shape index (κ1) is 30.3. The van der Waals surface area contributed by atoms with E-state index in [1.807, 2.05) is 84.9 Å². The highest BCUT2D eigenvalue weighted by atomic mass is 16.6. The Morgan fingerprint density at radius 2 is 1.15 bits per heavy atom. The van der Waals surface area contributed by atoms with Gasteiger partial charge in [-0.15, -0.1) is 0 Å². The van der Waals surface area contributed by atoms with Crippen LogP contribution in [0.25, 0.3) is 11.1 Å². The molecule has 7 heteroatoms. The zero-order chi connectivity index (χ0) is 32.1. The molecule has 0 aliphatic heterocycles. The minimum absolute atomic E-state index is 0.109. The number of esters is 1. The zero-order valence-electron chi connectivity index (χ0n) is 25.6. The van der Waals surface area contributed by atoms with Crippen LogP contribution in [-0.2, 0) is 19.9 Å². The van der Waals surface area contributed by atoms with Crippen LogP contribution in [0.3, 0.4) is 0 Å². The van der Waals surface area contributed by atoms with Crippen LogP contribution in [0.1, 0.15) is 51.0 Å². The van der Waals surface area contributed by atoms with E-state index >= 15 is 0 Å². The number of alkyl carbamates (subject to hydrolysis) is 1. The SMILES string of the molecule is CNC(=O)c1ccc(C(OC(=O)[C@@H](C)NC(=O)OCC2c3ccccc3-c3ccccc32)(c2ccccc2)c2ccccc2)cc1. The quantitative estimate of drug-likeness (QED) is 0.141. The molecular formula is C39H34N2O5. The molecule has 0 fully saturated rings. The standard InChI is InChI=1S/C39H34N2O5/c1-26(41-38(44)45-25-35-33-19-11-9-17-31(33)32-18-10-12-20-34(32)35)37(43)46-39(28-13-5-3-6-14-28,29-15-7-4-8-16-29)30-23-21-27(22-24-30)36(42)40-2/h3-24,26,35H,25H2,1-2H3,(H,40,42)(H,41,44)/t26-/m1/s1. The monoisotopic (exact) mass is 610 g/mol. The maximum absolute atomic E-state index is 13.9. The Labute approximate surface area is 268 Å². The average Bonchev–Trinajstić information content (AvgIpc) is 3.43.